The number of hydrogen-bond donors (Lipinski definition) is 2. The number of nitrogens with zero attached hydrogens (tertiary/aromatic N) is 4. The van der Waals surface area contributed by atoms with Gasteiger partial charge >= 0.3 is 0 Å². The molecule has 3 N–H and O–H groups in total. The number of nitrogens with one attached hydrogen (secondary N) is 1. The van der Waals surface area contributed by atoms with Crippen molar-refractivity contribution in [3.8, 4) is 6.07 Å². The van der Waals surface area contributed by atoms with Crippen molar-refractivity contribution in [3.05, 3.63) is 75.1 Å². The van der Waals surface area contributed by atoms with Crippen molar-refractivity contribution in [2.45, 2.75) is 36.9 Å². The second-order valence-corrected chi connectivity index (χ2v) is 12.8. The van der Waals surface area contributed by atoms with Crippen LogP contribution in [0.25, 0.3) is 0 Å². The highest BCUT2D eigenvalue weighted by Crippen LogP contribution is 2.50. The van der Waals surface area contributed by atoms with E-state index < -0.39 is 5.92 Å². The number of anilines is 2. The summed E-state index contributed by atoms with van der Waals surface area (Å²) in [5, 5.41) is 22.6. The van der Waals surface area contributed by atoms with E-state index in [1.165, 1.54) is 29.4 Å². The van der Waals surface area contributed by atoms with E-state index in [1.807, 2.05) is 13.8 Å². The number of amides is 1. The average Bonchev–Trinajstić information content (AvgIpc) is 3.56. The Morgan fingerprint density at radius 1 is 1.33 bits per heavy atom. The van der Waals surface area contributed by atoms with Gasteiger partial charge in [0.15, 0.2) is 10.1 Å². The normalized spacial score (nSPS) is 18.7. The summed E-state index contributed by atoms with van der Waals surface area (Å²) in [6.07, 6.45) is 2.38. The lowest BCUT2D eigenvalue weighted by atomic mass is 9.69. The summed E-state index contributed by atoms with van der Waals surface area (Å²) in [6.45, 7) is 4.03. The number of benzene rings is 1. The highest BCUT2D eigenvalue weighted by atomic mass is 35.5. The number of carbonyl (C=O) groups is 2. The summed E-state index contributed by atoms with van der Waals surface area (Å²) in [5.74, 6) is -0.325. The highest BCUT2D eigenvalue weighted by molar-refractivity contribution is 8.01. The predicted molar refractivity (Wildman–Crippen MR) is 152 cm³/mol. The zero-order valence-corrected chi connectivity index (χ0v) is 24.0. The number of thioether (sulfide) groups is 1. The lowest BCUT2D eigenvalue weighted by molar-refractivity contribution is -0.118. The van der Waals surface area contributed by atoms with Gasteiger partial charge in [-0.25, -0.2) is 0 Å². The molecule has 3 heterocycles. The zero-order valence-electron chi connectivity index (χ0n) is 20.8. The van der Waals surface area contributed by atoms with Crippen LogP contribution in [-0.2, 0) is 9.59 Å². The fourth-order valence-corrected chi connectivity index (χ4v) is 6.86. The fraction of sp³-hybridized carbons (Fsp3) is 0.269. The molecule has 39 heavy (non-hydrogen) atoms. The summed E-state index contributed by atoms with van der Waals surface area (Å²) in [5.41, 5.74) is 8.09. The molecule has 1 aliphatic carbocycles. The topological polar surface area (TPSA) is 138 Å². The maximum atomic E-state index is 13.5. The van der Waals surface area contributed by atoms with Crippen molar-refractivity contribution >= 4 is 68.8 Å². The molecule has 0 spiro atoms. The van der Waals surface area contributed by atoms with Crippen molar-refractivity contribution in [3.63, 3.8) is 0 Å². The number of allylic oxidation sites excluding steroid dienone is 3. The average molecular weight is 602 g/mol. The number of nitriles is 1. The largest absolute Gasteiger partial charge is 0.468 e. The molecule has 1 aliphatic heterocycles. The first-order valence-corrected chi connectivity index (χ1v) is 14.3. The number of carbonyl (C=O) groups excluding carboxylic acids is 2. The van der Waals surface area contributed by atoms with Crippen LogP contribution in [0.1, 0.15) is 38.4 Å². The number of furan rings is 1. The van der Waals surface area contributed by atoms with E-state index in [2.05, 4.69) is 21.6 Å². The molecule has 2 aromatic heterocycles. The Morgan fingerprint density at radius 2 is 2.13 bits per heavy atom. The molecule has 0 fully saturated rings. The second-order valence-electron chi connectivity index (χ2n) is 9.81. The quantitative estimate of drug-likeness (QED) is 0.321. The van der Waals surface area contributed by atoms with Gasteiger partial charge in [0.1, 0.15) is 11.6 Å². The van der Waals surface area contributed by atoms with Crippen molar-refractivity contribution in [1.29, 1.82) is 5.26 Å². The molecule has 0 saturated carbocycles. The van der Waals surface area contributed by atoms with Gasteiger partial charge in [0.25, 0.3) is 0 Å². The Labute approximate surface area is 242 Å². The molecule has 0 saturated heterocycles. The van der Waals surface area contributed by atoms with Gasteiger partial charge in [0.2, 0.25) is 11.0 Å². The third kappa shape index (κ3) is 5.43. The van der Waals surface area contributed by atoms with Crippen molar-refractivity contribution in [2.24, 2.45) is 11.1 Å². The van der Waals surface area contributed by atoms with Crippen LogP contribution in [-0.4, -0.2) is 27.6 Å². The molecule has 9 nitrogen and oxygen atoms in total. The van der Waals surface area contributed by atoms with E-state index in [0.717, 1.165) is 0 Å². The molecule has 13 heteroatoms. The van der Waals surface area contributed by atoms with Gasteiger partial charge in [0, 0.05) is 22.7 Å². The SMILES string of the molecule is CC1(C)CC(=O)C2=C(C1)N(c1nnc(SCC(=O)Nc3ccc(Cl)cc3Cl)s1)C(N)=C(C#N)C2c1ccco1. The van der Waals surface area contributed by atoms with Crippen LogP contribution >= 0.6 is 46.3 Å². The minimum Gasteiger partial charge on any atom is -0.468 e. The van der Waals surface area contributed by atoms with Gasteiger partial charge in [-0.1, -0.05) is 60.1 Å². The summed E-state index contributed by atoms with van der Waals surface area (Å²) < 4.78 is 6.15. The number of halogens is 2. The van der Waals surface area contributed by atoms with Crippen LogP contribution in [0.5, 0.6) is 0 Å². The Kier molecular flexibility index (Phi) is 7.48. The molecule has 1 amide bonds. The first-order valence-electron chi connectivity index (χ1n) is 11.8. The highest BCUT2D eigenvalue weighted by Gasteiger charge is 2.46. The predicted octanol–water partition coefficient (Wildman–Crippen LogP) is 6.11. The van der Waals surface area contributed by atoms with Crippen LogP contribution in [0.3, 0.4) is 0 Å². The number of Topliss-reactive ketones (excluding diaryl/α,β-unsaturated/α-hetero) is 1. The minimum atomic E-state index is -0.690. The maximum absolute atomic E-state index is 13.5. The minimum absolute atomic E-state index is 0.0579. The van der Waals surface area contributed by atoms with Crippen molar-refractivity contribution in [2.75, 3.05) is 16.0 Å². The first-order chi connectivity index (χ1) is 18.6. The van der Waals surface area contributed by atoms with E-state index in [4.69, 9.17) is 33.4 Å². The Bertz CT molecular complexity index is 1570. The number of aromatic nitrogens is 2. The van der Waals surface area contributed by atoms with E-state index in [9.17, 15) is 14.9 Å². The van der Waals surface area contributed by atoms with Gasteiger partial charge in [-0.3, -0.25) is 14.5 Å². The summed E-state index contributed by atoms with van der Waals surface area (Å²) in [7, 11) is 0. The van der Waals surface area contributed by atoms with Crippen molar-refractivity contribution in [1.82, 2.24) is 10.2 Å². The van der Waals surface area contributed by atoms with Crippen LogP contribution in [0.15, 0.2) is 68.0 Å². The number of hydrogen-bond acceptors (Lipinski definition) is 10. The standard InChI is InChI=1S/C26H22Cl2N6O3S2/c1-26(2)9-17-22(18(35)10-26)21(19-4-3-7-37-19)14(11-29)23(30)34(17)24-32-33-25(39-24)38-12-20(36)31-16-6-5-13(27)8-15(16)28/h3-8,21H,9-10,12,30H2,1-2H3,(H,31,36). The molecule has 1 unspecified atom stereocenters. The smallest absolute Gasteiger partial charge is 0.234 e. The summed E-state index contributed by atoms with van der Waals surface area (Å²) in [6, 6.07) is 10.5. The Morgan fingerprint density at radius 3 is 2.82 bits per heavy atom. The van der Waals surface area contributed by atoms with Gasteiger partial charge in [-0.15, -0.1) is 10.2 Å². The first kappa shape index (κ1) is 27.3. The summed E-state index contributed by atoms with van der Waals surface area (Å²) in [4.78, 5) is 27.6. The van der Waals surface area contributed by atoms with E-state index in [-0.39, 0.29) is 34.3 Å². The van der Waals surface area contributed by atoms with E-state index >= 15 is 0 Å². The van der Waals surface area contributed by atoms with Gasteiger partial charge in [-0.05, 0) is 42.2 Å². The molecule has 1 aromatic carbocycles. The molecule has 0 bridgehead atoms. The molecule has 2 aliphatic rings. The fourth-order valence-electron chi connectivity index (χ4n) is 4.72. The molecule has 3 aromatic rings. The van der Waals surface area contributed by atoms with Crippen LogP contribution < -0.4 is 16.0 Å². The number of nitrogens with two attached hydrogens (primary N) is 1. The lowest BCUT2D eigenvalue weighted by Gasteiger charge is -2.42. The Hall–Kier alpha value is -3.30. The molecule has 5 rings (SSSR count). The van der Waals surface area contributed by atoms with Crippen LogP contribution in [0.4, 0.5) is 10.8 Å². The van der Waals surface area contributed by atoms with Crippen LogP contribution in [0, 0.1) is 16.7 Å². The molecule has 0 radical (unpaired) electrons. The second kappa shape index (κ2) is 10.7. The zero-order chi connectivity index (χ0) is 27.9. The van der Waals surface area contributed by atoms with Gasteiger partial charge in [0.05, 0.1) is 40.3 Å². The van der Waals surface area contributed by atoms with E-state index in [1.54, 1.807) is 35.2 Å². The maximum Gasteiger partial charge on any atom is 0.234 e. The molecule has 1 atom stereocenters. The third-order valence-electron chi connectivity index (χ3n) is 6.33. The third-order valence-corrected chi connectivity index (χ3v) is 8.92. The molecular formula is C26H22Cl2N6O3S2. The number of rotatable bonds is 6. The molecule has 200 valence electrons. The lowest BCUT2D eigenvalue weighted by Crippen LogP contribution is -2.42. The monoisotopic (exact) mass is 600 g/mol. The van der Waals surface area contributed by atoms with Crippen LogP contribution in [0.2, 0.25) is 10.0 Å². The molecular weight excluding hydrogens is 579 g/mol. The number of ketones is 1. The van der Waals surface area contributed by atoms with Gasteiger partial charge in [-0.2, -0.15) is 5.26 Å². The van der Waals surface area contributed by atoms with Gasteiger partial charge < -0.3 is 15.5 Å². The van der Waals surface area contributed by atoms with E-state index in [0.29, 0.717) is 55.1 Å². The summed E-state index contributed by atoms with van der Waals surface area (Å²) >= 11 is 14.5. The Balaban J connectivity index is 1.43. The van der Waals surface area contributed by atoms with Crippen molar-refractivity contribution < 1.29 is 14.0 Å².